The fourth-order valence-corrected chi connectivity index (χ4v) is 10.3. The molecular weight excluding hydrogens is 869 g/mol. The Kier molecular flexibility index (Phi) is 12.9. The highest BCUT2D eigenvalue weighted by Gasteiger charge is 2.29. The molecule has 4 aliphatic rings. The molecule has 1 saturated carbocycles. The highest BCUT2D eigenvalue weighted by molar-refractivity contribution is 6.01. The van der Waals surface area contributed by atoms with Crippen molar-refractivity contribution in [2.24, 2.45) is 5.92 Å². The molecule has 10 rings (SSSR count). The van der Waals surface area contributed by atoms with Gasteiger partial charge in [-0.1, -0.05) is 6.07 Å². The minimum atomic E-state index is -0.544. The van der Waals surface area contributed by atoms with Crippen molar-refractivity contribution in [1.82, 2.24) is 49.5 Å². The summed E-state index contributed by atoms with van der Waals surface area (Å²) in [6.07, 6.45) is 18.3. The van der Waals surface area contributed by atoms with Crippen molar-refractivity contribution >= 4 is 34.7 Å². The van der Waals surface area contributed by atoms with E-state index in [1.54, 1.807) is 21.8 Å². The zero-order valence-corrected chi connectivity index (χ0v) is 37.7. The number of piperazine rings is 1. The number of carbonyl (C=O) groups is 3. The fourth-order valence-electron chi connectivity index (χ4n) is 10.3. The van der Waals surface area contributed by atoms with Gasteiger partial charge in [0.05, 0.1) is 48.6 Å². The van der Waals surface area contributed by atoms with Crippen LogP contribution in [0, 0.1) is 28.9 Å². The van der Waals surface area contributed by atoms with E-state index in [1.807, 2.05) is 36.7 Å². The number of hydrogen-bond donors (Lipinski definition) is 2. The zero-order chi connectivity index (χ0) is 46.7. The molecule has 3 saturated heterocycles. The smallest absolute Gasteiger partial charge is 0.249 e. The van der Waals surface area contributed by atoms with Crippen molar-refractivity contribution in [3.63, 3.8) is 0 Å². The molecule has 350 valence electrons. The number of halogens is 2. The quantitative estimate of drug-likeness (QED) is 0.131. The summed E-state index contributed by atoms with van der Waals surface area (Å²) < 4.78 is 32.4. The highest BCUT2D eigenvalue weighted by atomic mass is 19.1. The van der Waals surface area contributed by atoms with Gasteiger partial charge in [0.1, 0.15) is 40.6 Å². The molecule has 5 aromatic heterocycles. The molecule has 1 unspecified atom stereocenters. The molecule has 3 aliphatic heterocycles. The number of pyridine rings is 2. The number of aromatic nitrogens is 7. The van der Waals surface area contributed by atoms with Crippen LogP contribution in [0.15, 0.2) is 79.6 Å². The Bertz CT molecular complexity index is 2840. The molecule has 0 bridgehead atoms. The summed E-state index contributed by atoms with van der Waals surface area (Å²) in [7, 11) is 0. The topological polar surface area (TPSA) is 183 Å². The second-order valence-corrected chi connectivity index (χ2v) is 18.5. The summed E-state index contributed by atoms with van der Waals surface area (Å²) in [6, 6.07) is 13.9. The summed E-state index contributed by atoms with van der Waals surface area (Å²) in [5, 5.41) is 24.7. The van der Waals surface area contributed by atoms with Crippen LogP contribution >= 0.6 is 0 Å². The standard InChI is InChI=1S/C50H53F2N13O3/c51-37-4-5-38(54-29-37)24-47(67)63-21-19-62(20-22-63)45-11-3-34(26-55-45)48-49-35(25-53)27-57-65(49)31-44(59-48)36-28-56-64(30-36)40-7-1-32(2-8-40)13-16-61-17-14-33(15-18-61)41-9-6-39(23-42(41)52)58-43-10-12-46(66)60-50(43)68/h3-6,9,11,23,26-33,40,43,58H,1-2,7-8,10,12-22,24H2,(H,60,66,68). The minimum absolute atomic E-state index is 0.0447. The van der Waals surface area contributed by atoms with E-state index >= 15 is 4.39 Å². The van der Waals surface area contributed by atoms with Crippen LogP contribution in [0.5, 0.6) is 0 Å². The van der Waals surface area contributed by atoms with E-state index in [-0.39, 0.29) is 48.3 Å². The summed E-state index contributed by atoms with van der Waals surface area (Å²) in [6.45, 7) is 5.20. The van der Waals surface area contributed by atoms with E-state index < -0.39 is 11.9 Å². The Labute approximate surface area is 392 Å². The Morgan fingerprint density at radius 3 is 2.38 bits per heavy atom. The molecule has 2 N–H and O–H groups in total. The molecule has 1 aromatic carbocycles. The van der Waals surface area contributed by atoms with E-state index in [0.717, 1.165) is 93.3 Å². The summed E-state index contributed by atoms with van der Waals surface area (Å²) in [4.78, 5) is 56.9. The first-order chi connectivity index (χ1) is 33.1. The van der Waals surface area contributed by atoms with Gasteiger partial charge in [0.25, 0.3) is 0 Å². The lowest BCUT2D eigenvalue weighted by atomic mass is 9.83. The third kappa shape index (κ3) is 9.80. The van der Waals surface area contributed by atoms with E-state index in [1.165, 1.54) is 18.2 Å². The Morgan fingerprint density at radius 2 is 1.66 bits per heavy atom. The first-order valence-corrected chi connectivity index (χ1v) is 23.7. The highest BCUT2D eigenvalue weighted by Crippen LogP contribution is 2.37. The Balaban J connectivity index is 0.712. The number of imide groups is 1. The number of carbonyl (C=O) groups excluding carboxylic acids is 3. The summed E-state index contributed by atoms with van der Waals surface area (Å²) in [5.74, 6) is 0.206. The number of nitriles is 1. The average Bonchev–Trinajstić information content (AvgIpc) is 4.04. The third-order valence-corrected chi connectivity index (χ3v) is 14.3. The number of fused-ring (bicyclic) bond motifs is 1. The molecule has 0 radical (unpaired) electrons. The Hall–Kier alpha value is -7.13. The van der Waals surface area contributed by atoms with Crippen LogP contribution < -0.4 is 15.5 Å². The van der Waals surface area contributed by atoms with Crippen LogP contribution in [0.1, 0.15) is 86.6 Å². The van der Waals surface area contributed by atoms with Crippen molar-refractivity contribution < 1.29 is 23.2 Å². The van der Waals surface area contributed by atoms with Gasteiger partial charge in [-0.2, -0.15) is 15.5 Å². The van der Waals surface area contributed by atoms with Gasteiger partial charge in [0.15, 0.2) is 0 Å². The number of amides is 3. The minimum Gasteiger partial charge on any atom is -0.374 e. The van der Waals surface area contributed by atoms with E-state index in [9.17, 15) is 24.0 Å². The number of piperidine rings is 2. The predicted octanol–water partition coefficient (Wildman–Crippen LogP) is 6.31. The van der Waals surface area contributed by atoms with Gasteiger partial charge in [0, 0.05) is 67.5 Å². The molecule has 4 fully saturated rings. The van der Waals surface area contributed by atoms with Crippen molar-refractivity contribution in [3.05, 3.63) is 108 Å². The van der Waals surface area contributed by atoms with E-state index in [2.05, 4.69) is 47.5 Å². The fraction of sp³-hybridized carbons (Fsp3) is 0.420. The second-order valence-electron chi connectivity index (χ2n) is 18.5. The number of hydrogen-bond acceptors (Lipinski definition) is 12. The average molecular weight is 922 g/mol. The number of benzene rings is 1. The van der Waals surface area contributed by atoms with Gasteiger partial charge < -0.3 is 20.0 Å². The normalized spacial score (nSPS) is 20.6. The molecule has 16 nitrogen and oxygen atoms in total. The molecule has 1 atom stereocenters. The third-order valence-electron chi connectivity index (χ3n) is 14.3. The lowest BCUT2D eigenvalue weighted by Gasteiger charge is -2.35. The molecule has 68 heavy (non-hydrogen) atoms. The number of anilines is 2. The molecule has 0 spiro atoms. The van der Waals surface area contributed by atoms with Gasteiger partial charge in [-0.05, 0) is 125 Å². The zero-order valence-electron chi connectivity index (χ0n) is 37.7. The van der Waals surface area contributed by atoms with E-state index in [0.29, 0.717) is 72.4 Å². The number of nitrogens with zero attached hydrogens (tertiary/aromatic N) is 11. The first-order valence-electron chi connectivity index (χ1n) is 23.7. The van der Waals surface area contributed by atoms with Crippen LogP contribution in [0.25, 0.3) is 28.0 Å². The lowest BCUT2D eigenvalue weighted by Crippen LogP contribution is -2.49. The van der Waals surface area contributed by atoms with Gasteiger partial charge in [0.2, 0.25) is 17.7 Å². The van der Waals surface area contributed by atoms with Crippen molar-refractivity contribution in [2.45, 2.75) is 82.2 Å². The van der Waals surface area contributed by atoms with Gasteiger partial charge in [-0.3, -0.25) is 29.4 Å². The summed E-state index contributed by atoms with van der Waals surface area (Å²) >= 11 is 0. The number of nitrogens with one attached hydrogen (secondary N) is 2. The van der Waals surface area contributed by atoms with Crippen LogP contribution in [0.3, 0.4) is 0 Å². The molecule has 18 heteroatoms. The van der Waals surface area contributed by atoms with Crippen LogP contribution in [0.4, 0.5) is 20.3 Å². The molecule has 8 heterocycles. The largest absolute Gasteiger partial charge is 0.374 e. The van der Waals surface area contributed by atoms with E-state index in [4.69, 9.17) is 15.1 Å². The Morgan fingerprint density at radius 1 is 0.838 bits per heavy atom. The molecular formula is C50H53F2N13O3. The van der Waals surface area contributed by atoms with Crippen molar-refractivity contribution in [2.75, 3.05) is 56.0 Å². The van der Waals surface area contributed by atoms with Crippen LogP contribution in [-0.4, -0.2) is 114 Å². The summed E-state index contributed by atoms with van der Waals surface area (Å²) in [5.41, 5.74) is 5.72. The van der Waals surface area contributed by atoms with Gasteiger partial charge in [-0.15, -0.1) is 0 Å². The number of likely N-dealkylation sites (tertiary alicyclic amines) is 1. The SMILES string of the molecule is N#Cc1cnn2cc(-c3cnn(C4CCC(CCN5CCC(c6ccc(NC7CCC(=O)NC7=O)cc6F)CC5)CC4)c3)nc(-c3ccc(N4CCN(C(=O)Cc5ccc(F)cn5)CC4)nc3)c12. The molecule has 6 aromatic rings. The second kappa shape index (κ2) is 19.6. The van der Waals surface area contributed by atoms with Crippen molar-refractivity contribution in [3.8, 4) is 28.6 Å². The maximum absolute atomic E-state index is 15.3. The first kappa shape index (κ1) is 44.7. The van der Waals surface area contributed by atoms with Crippen LogP contribution in [-0.2, 0) is 20.8 Å². The predicted molar refractivity (Wildman–Crippen MR) is 249 cm³/mol. The van der Waals surface area contributed by atoms with Gasteiger partial charge >= 0.3 is 0 Å². The molecule has 1 aliphatic carbocycles. The van der Waals surface area contributed by atoms with Gasteiger partial charge in [-0.25, -0.2) is 23.3 Å². The number of rotatable bonds is 12. The maximum atomic E-state index is 15.3. The monoisotopic (exact) mass is 921 g/mol. The van der Waals surface area contributed by atoms with Crippen molar-refractivity contribution in [1.29, 1.82) is 5.26 Å². The maximum Gasteiger partial charge on any atom is 0.249 e. The van der Waals surface area contributed by atoms with Crippen LogP contribution in [0.2, 0.25) is 0 Å². The molecule has 3 amide bonds. The lowest BCUT2D eigenvalue weighted by molar-refractivity contribution is -0.134.